The maximum Gasteiger partial charge on any atom is 0.0477 e. The fraction of sp³-hybridized carbons (Fsp3) is 0.600. The number of hydrogen-bond acceptors (Lipinski definition) is 3. The van der Waals surface area contributed by atoms with Gasteiger partial charge in [-0.2, -0.15) is 11.3 Å². The van der Waals surface area contributed by atoms with Crippen LogP contribution < -0.4 is 5.73 Å². The van der Waals surface area contributed by atoms with Gasteiger partial charge in [-0.1, -0.05) is 0 Å². The molecular weight excluding hydrogens is 182 g/mol. The predicted octanol–water partition coefficient (Wildman–Crippen LogP) is 2.04. The minimum atomic E-state index is 0.278. The van der Waals surface area contributed by atoms with Crippen molar-refractivity contribution in [2.45, 2.75) is 25.3 Å². The molecule has 0 radical (unpaired) electrons. The molecule has 1 unspecified atom stereocenters. The Labute approximate surface area is 83.7 Å². The van der Waals surface area contributed by atoms with Gasteiger partial charge in [0.15, 0.2) is 0 Å². The Morgan fingerprint density at radius 3 is 3.00 bits per heavy atom. The molecule has 2 nitrogen and oxygen atoms in total. The summed E-state index contributed by atoms with van der Waals surface area (Å²) in [5, 5.41) is 4.29. The molecule has 0 aliphatic heterocycles. The number of methoxy groups -OCH3 is 1. The Morgan fingerprint density at radius 1 is 1.54 bits per heavy atom. The second-order valence-corrected chi connectivity index (χ2v) is 3.99. The van der Waals surface area contributed by atoms with Crippen LogP contribution in [0.4, 0.5) is 0 Å². The van der Waals surface area contributed by atoms with E-state index in [0.717, 1.165) is 25.9 Å². The zero-order valence-electron chi connectivity index (χ0n) is 8.03. The van der Waals surface area contributed by atoms with Crippen LogP contribution in [0.2, 0.25) is 0 Å². The quantitative estimate of drug-likeness (QED) is 0.761. The lowest BCUT2D eigenvalue weighted by atomic mass is 10.1. The van der Waals surface area contributed by atoms with E-state index in [9.17, 15) is 0 Å². The fourth-order valence-corrected chi connectivity index (χ4v) is 1.90. The highest BCUT2D eigenvalue weighted by Crippen LogP contribution is 2.10. The maximum atomic E-state index is 5.90. The summed E-state index contributed by atoms with van der Waals surface area (Å²) < 4.78 is 4.97. The molecule has 0 aromatic carbocycles. The van der Waals surface area contributed by atoms with E-state index >= 15 is 0 Å². The molecule has 1 atom stereocenters. The van der Waals surface area contributed by atoms with Crippen LogP contribution in [0.1, 0.15) is 18.4 Å². The van der Waals surface area contributed by atoms with Crippen LogP contribution in [-0.2, 0) is 11.2 Å². The second-order valence-electron chi connectivity index (χ2n) is 3.21. The van der Waals surface area contributed by atoms with Gasteiger partial charge < -0.3 is 10.5 Å². The summed E-state index contributed by atoms with van der Waals surface area (Å²) in [6, 6.07) is 2.44. The Bertz CT molecular complexity index is 211. The van der Waals surface area contributed by atoms with Gasteiger partial charge in [-0.05, 0) is 41.7 Å². The van der Waals surface area contributed by atoms with Crippen molar-refractivity contribution in [3.63, 3.8) is 0 Å². The summed E-state index contributed by atoms with van der Waals surface area (Å²) in [4.78, 5) is 0. The molecule has 0 amide bonds. The van der Waals surface area contributed by atoms with Crippen LogP contribution in [0.5, 0.6) is 0 Å². The highest BCUT2D eigenvalue weighted by molar-refractivity contribution is 7.07. The molecule has 13 heavy (non-hydrogen) atoms. The average Bonchev–Trinajstić information content (AvgIpc) is 2.64. The van der Waals surface area contributed by atoms with E-state index in [1.165, 1.54) is 5.56 Å². The number of aryl methyl sites for hydroxylation is 1. The van der Waals surface area contributed by atoms with Crippen molar-refractivity contribution in [2.24, 2.45) is 5.73 Å². The van der Waals surface area contributed by atoms with Crippen molar-refractivity contribution >= 4 is 11.3 Å². The molecule has 0 bridgehead atoms. The summed E-state index contributed by atoms with van der Waals surface area (Å²) in [5.74, 6) is 0. The fourth-order valence-electron chi connectivity index (χ4n) is 1.20. The molecule has 74 valence electrons. The van der Waals surface area contributed by atoms with Gasteiger partial charge in [0.25, 0.3) is 0 Å². The van der Waals surface area contributed by atoms with Crippen molar-refractivity contribution in [2.75, 3.05) is 13.7 Å². The number of nitrogens with two attached hydrogens (primary N) is 1. The Hall–Kier alpha value is -0.380. The van der Waals surface area contributed by atoms with E-state index < -0.39 is 0 Å². The van der Waals surface area contributed by atoms with Gasteiger partial charge in [0.1, 0.15) is 0 Å². The third-order valence-electron chi connectivity index (χ3n) is 2.08. The van der Waals surface area contributed by atoms with Crippen molar-refractivity contribution in [1.82, 2.24) is 0 Å². The summed E-state index contributed by atoms with van der Waals surface area (Å²) >= 11 is 1.74. The van der Waals surface area contributed by atoms with Crippen LogP contribution in [0.15, 0.2) is 16.8 Å². The highest BCUT2D eigenvalue weighted by atomic mass is 32.1. The first-order chi connectivity index (χ1) is 6.33. The minimum Gasteiger partial charge on any atom is -0.385 e. The first-order valence-electron chi connectivity index (χ1n) is 4.58. The van der Waals surface area contributed by atoms with Crippen LogP contribution in [0, 0.1) is 0 Å². The summed E-state index contributed by atoms with van der Waals surface area (Å²) in [6.07, 6.45) is 3.11. The third-order valence-corrected chi connectivity index (χ3v) is 2.81. The topological polar surface area (TPSA) is 35.2 Å². The Balaban J connectivity index is 2.11. The molecule has 0 aliphatic rings. The van der Waals surface area contributed by atoms with E-state index in [-0.39, 0.29) is 6.04 Å². The first-order valence-corrected chi connectivity index (χ1v) is 5.53. The predicted molar refractivity (Wildman–Crippen MR) is 57.1 cm³/mol. The minimum absolute atomic E-state index is 0.278. The molecule has 1 aromatic heterocycles. The van der Waals surface area contributed by atoms with Gasteiger partial charge in [0.05, 0.1) is 0 Å². The average molecular weight is 199 g/mol. The summed E-state index contributed by atoms with van der Waals surface area (Å²) in [6.45, 7) is 0.769. The van der Waals surface area contributed by atoms with Crippen LogP contribution in [0.25, 0.3) is 0 Å². The van der Waals surface area contributed by atoms with Crippen LogP contribution in [0.3, 0.4) is 0 Å². The van der Waals surface area contributed by atoms with Gasteiger partial charge in [0, 0.05) is 19.8 Å². The van der Waals surface area contributed by atoms with Gasteiger partial charge in [-0.25, -0.2) is 0 Å². The molecule has 0 fully saturated rings. The lowest BCUT2D eigenvalue weighted by molar-refractivity contribution is 0.187. The standard InChI is InChI=1S/C10H17NOS/c1-12-6-4-10(11)3-2-9-5-7-13-8-9/h5,7-8,10H,2-4,6,11H2,1H3. The SMILES string of the molecule is COCCC(N)CCc1ccsc1. The first kappa shape index (κ1) is 10.7. The van der Waals surface area contributed by atoms with Crippen LogP contribution in [-0.4, -0.2) is 19.8 Å². The van der Waals surface area contributed by atoms with E-state index in [1.54, 1.807) is 18.4 Å². The molecule has 1 heterocycles. The Kier molecular flexibility index (Phi) is 5.05. The molecule has 3 heteroatoms. The van der Waals surface area contributed by atoms with Crippen LogP contribution >= 0.6 is 11.3 Å². The van der Waals surface area contributed by atoms with Gasteiger partial charge in [0.2, 0.25) is 0 Å². The lowest BCUT2D eigenvalue weighted by Gasteiger charge is -2.09. The molecule has 1 aromatic rings. The number of thiophene rings is 1. The van der Waals surface area contributed by atoms with Gasteiger partial charge in [-0.15, -0.1) is 0 Å². The third kappa shape index (κ3) is 4.41. The molecule has 0 aliphatic carbocycles. The molecule has 0 saturated heterocycles. The Morgan fingerprint density at radius 2 is 2.38 bits per heavy atom. The van der Waals surface area contributed by atoms with Gasteiger partial charge >= 0.3 is 0 Å². The van der Waals surface area contributed by atoms with Crippen molar-refractivity contribution in [3.8, 4) is 0 Å². The smallest absolute Gasteiger partial charge is 0.0477 e. The summed E-state index contributed by atoms with van der Waals surface area (Å²) in [5.41, 5.74) is 7.30. The van der Waals surface area contributed by atoms with E-state index in [4.69, 9.17) is 10.5 Å². The zero-order chi connectivity index (χ0) is 9.52. The second kappa shape index (κ2) is 6.13. The molecule has 0 spiro atoms. The maximum absolute atomic E-state index is 5.90. The van der Waals surface area contributed by atoms with Crippen molar-refractivity contribution in [1.29, 1.82) is 0 Å². The number of rotatable bonds is 6. The molecule has 2 N–H and O–H groups in total. The zero-order valence-corrected chi connectivity index (χ0v) is 8.85. The van der Waals surface area contributed by atoms with E-state index in [2.05, 4.69) is 16.8 Å². The van der Waals surface area contributed by atoms with Crippen molar-refractivity contribution in [3.05, 3.63) is 22.4 Å². The van der Waals surface area contributed by atoms with E-state index in [0.29, 0.717) is 0 Å². The van der Waals surface area contributed by atoms with Gasteiger partial charge in [-0.3, -0.25) is 0 Å². The number of hydrogen-bond donors (Lipinski definition) is 1. The molecule has 0 saturated carbocycles. The highest BCUT2D eigenvalue weighted by Gasteiger charge is 2.02. The number of ether oxygens (including phenoxy) is 1. The normalized spacial score (nSPS) is 13.1. The van der Waals surface area contributed by atoms with Crippen molar-refractivity contribution < 1.29 is 4.74 Å². The monoisotopic (exact) mass is 199 g/mol. The lowest BCUT2D eigenvalue weighted by Crippen LogP contribution is -2.22. The molecule has 1 rings (SSSR count). The molecular formula is C10H17NOS. The van der Waals surface area contributed by atoms with E-state index in [1.807, 2.05) is 0 Å². The summed E-state index contributed by atoms with van der Waals surface area (Å²) in [7, 11) is 1.71. The largest absolute Gasteiger partial charge is 0.385 e.